The summed E-state index contributed by atoms with van der Waals surface area (Å²) in [5.41, 5.74) is 0.550. The first-order valence-corrected chi connectivity index (χ1v) is 11.4. The Bertz CT molecular complexity index is 1070. The highest BCUT2D eigenvalue weighted by Crippen LogP contribution is 2.20. The molecule has 1 aliphatic rings. The fourth-order valence-electron chi connectivity index (χ4n) is 3.48. The largest absolute Gasteiger partial charge is 0.493 e. The number of hydrogen-bond acceptors (Lipinski definition) is 6. The zero-order chi connectivity index (χ0) is 25.2. The van der Waals surface area contributed by atoms with Crippen molar-refractivity contribution < 1.29 is 33.8 Å². The van der Waals surface area contributed by atoms with Crippen molar-refractivity contribution in [3.63, 3.8) is 0 Å². The lowest BCUT2D eigenvalue weighted by atomic mass is 10.1. The van der Waals surface area contributed by atoms with Gasteiger partial charge in [-0.3, -0.25) is 14.4 Å². The summed E-state index contributed by atoms with van der Waals surface area (Å²) in [4.78, 5) is 49.5. The van der Waals surface area contributed by atoms with Crippen molar-refractivity contribution in [1.29, 1.82) is 0 Å². The molecule has 0 saturated heterocycles. The number of aliphatic carboxylic acids is 1. The predicted molar refractivity (Wildman–Crippen MR) is 127 cm³/mol. The number of ether oxygens (including phenoxy) is 2. The van der Waals surface area contributed by atoms with Gasteiger partial charge in [0.25, 0.3) is 11.8 Å². The summed E-state index contributed by atoms with van der Waals surface area (Å²) in [5, 5.41) is 17.6. The molecule has 3 rings (SSSR count). The van der Waals surface area contributed by atoms with Crippen LogP contribution in [0.2, 0.25) is 0 Å². The third-order valence-corrected chi connectivity index (χ3v) is 5.29. The van der Waals surface area contributed by atoms with Crippen molar-refractivity contribution in [2.45, 2.75) is 38.3 Å². The van der Waals surface area contributed by atoms with E-state index in [1.54, 1.807) is 49.4 Å². The molecule has 10 heteroatoms. The second-order valence-corrected chi connectivity index (χ2v) is 8.13. The molecule has 1 aliphatic heterocycles. The molecule has 0 saturated carbocycles. The Balaban J connectivity index is 1.78. The zero-order valence-electron chi connectivity index (χ0n) is 19.4. The Morgan fingerprint density at radius 1 is 0.914 bits per heavy atom. The standard InChI is InChI=1S/C25H29N3O7/c1-16-15-35-21-10-5-2-7-17(21)23(30)26-13-6-14-34-20-9-4-3-8-18(20)24(31)28-19(25(32)33)11-12-22(29)27-16/h2-5,7-10,16,19H,6,11-15H2,1H3,(H,26,30)(H,27,29)(H,28,31)(H,32,33)/t16-,19-/m0/s1. The molecule has 1 heterocycles. The van der Waals surface area contributed by atoms with E-state index in [4.69, 9.17) is 9.47 Å². The zero-order valence-corrected chi connectivity index (χ0v) is 19.4. The highest BCUT2D eigenvalue weighted by molar-refractivity contribution is 5.99. The van der Waals surface area contributed by atoms with E-state index < -0.39 is 24.0 Å². The molecular formula is C25H29N3O7. The number of hydrogen-bond donors (Lipinski definition) is 4. The first-order valence-electron chi connectivity index (χ1n) is 11.4. The fraction of sp³-hybridized carbons (Fsp3) is 0.360. The topological polar surface area (TPSA) is 143 Å². The normalized spacial score (nSPS) is 20.4. The Kier molecular flexibility index (Phi) is 9.05. The molecule has 0 aliphatic carbocycles. The number of para-hydroxylation sites is 2. The highest BCUT2D eigenvalue weighted by Gasteiger charge is 2.24. The van der Waals surface area contributed by atoms with Crippen molar-refractivity contribution >= 4 is 23.7 Å². The maximum absolute atomic E-state index is 12.8. The van der Waals surface area contributed by atoms with Crippen LogP contribution in [0.1, 0.15) is 46.9 Å². The first kappa shape index (κ1) is 25.5. The van der Waals surface area contributed by atoms with E-state index in [0.29, 0.717) is 30.0 Å². The van der Waals surface area contributed by atoms with E-state index in [-0.39, 0.29) is 43.4 Å². The monoisotopic (exact) mass is 483 g/mol. The third kappa shape index (κ3) is 7.46. The molecule has 0 radical (unpaired) electrons. The molecule has 0 unspecified atom stereocenters. The molecule has 4 N–H and O–H groups in total. The number of amides is 3. The molecule has 3 amide bonds. The van der Waals surface area contributed by atoms with Gasteiger partial charge in [0.05, 0.1) is 23.8 Å². The first-order chi connectivity index (χ1) is 16.8. The van der Waals surface area contributed by atoms with Gasteiger partial charge < -0.3 is 30.5 Å². The van der Waals surface area contributed by atoms with E-state index >= 15 is 0 Å². The molecule has 35 heavy (non-hydrogen) atoms. The molecular weight excluding hydrogens is 454 g/mol. The van der Waals surface area contributed by atoms with Gasteiger partial charge in [0, 0.05) is 13.0 Å². The van der Waals surface area contributed by atoms with Crippen LogP contribution in [0, 0.1) is 0 Å². The third-order valence-electron chi connectivity index (χ3n) is 5.29. The number of carboxylic acid groups (broad SMARTS) is 1. The Morgan fingerprint density at radius 2 is 1.54 bits per heavy atom. The van der Waals surface area contributed by atoms with Gasteiger partial charge in [-0.25, -0.2) is 4.79 Å². The summed E-state index contributed by atoms with van der Waals surface area (Å²) < 4.78 is 11.5. The van der Waals surface area contributed by atoms with Gasteiger partial charge >= 0.3 is 5.97 Å². The fourth-order valence-corrected chi connectivity index (χ4v) is 3.48. The lowest BCUT2D eigenvalue weighted by Gasteiger charge is -2.19. The maximum atomic E-state index is 12.8. The number of carbonyl (C=O) groups is 4. The van der Waals surface area contributed by atoms with Crippen molar-refractivity contribution in [3.05, 3.63) is 59.7 Å². The van der Waals surface area contributed by atoms with E-state index in [1.165, 1.54) is 6.07 Å². The van der Waals surface area contributed by atoms with Crippen LogP contribution >= 0.6 is 0 Å². The van der Waals surface area contributed by atoms with E-state index in [1.807, 2.05) is 0 Å². The number of carbonyl (C=O) groups excluding carboxylic acids is 3. The van der Waals surface area contributed by atoms with Crippen molar-refractivity contribution in [2.24, 2.45) is 0 Å². The molecule has 0 fully saturated rings. The summed E-state index contributed by atoms with van der Waals surface area (Å²) in [5.74, 6) is -1.86. The second-order valence-electron chi connectivity index (χ2n) is 8.13. The summed E-state index contributed by atoms with van der Waals surface area (Å²) in [6.45, 7) is 2.40. The molecule has 0 aromatic heterocycles. The van der Waals surface area contributed by atoms with Crippen LogP contribution in [0.3, 0.4) is 0 Å². The Morgan fingerprint density at radius 3 is 2.23 bits per heavy atom. The lowest BCUT2D eigenvalue weighted by Crippen LogP contribution is -2.43. The van der Waals surface area contributed by atoms with Gasteiger partial charge in [-0.1, -0.05) is 24.3 Å². The lowest BCUT2D eigenvalue weighted by molar-refractivity contribution is -0.139. The Labute approximate surface area is 203 Å². The SMILES string of the molecule is C[C@H]1COc2ccccc2C(=O)NCCCOc2ccccc2C(=O)N[C@H](C(=O)O)CCC(=O)N1. The van der Waals surface area contributed by atoms with E-state index in [0.717, 1.165) is 0 Å². The number of rotatable bonds is 1. The maximum Gasteiger partial charge on any atom is 0.326 e. The minimum atomic E-state index is -1.25. The molecule has 2 aromatic rings. The van der Waals surface area contributed by atoms with Crippen molar-refractivity contribution in [3.8, 4) is 11.5 Å². The van der Waals surface area contributed by atoms with Crippen LogP contribution in [0.25, 0.3) is 0 Å². The van der Waals surface area contributed by atoms with Gasteiger partial charge in [-0.05, 0) is 44.0 Å². The average molecular weight is 484 g/mol. The van der Waals surface area contributed by atoms with Crippen LogP contribution in [0.15, 0.2) is 48.5 Å². The van der Waals surface area contributed by atoms with Crippen molar-refractivity contribution in [1.82, 2.24) is 16.0 Å². The minimum absolute atomic E-state index is 0.0908. The van der Waals surface area contributed by atoms with Gasteiger partial charge in [0.1, 0.15) is 24.1 Å². The number of nitrogens with one attached hydrogen (secondary N) is 3. The number of benzene rings is 2. The highest BCUT2D eigenvalue weighted by atomic mass is 16.5. The summed E-state index contributed by atoms with van der Waals surface area (Å²) in [6, 6.07) is 11.6. The van der Waals surface area contributed by atoms with E-state index in [2.05, 4.69) is 16.0 Å². The molecule has 0 bridgehead atoms. The van der Waals surface area contributed by atoms with Gasteiger partial charge in [-0.2, -0.15) is 0 Å². The van der Waals surface area contributed by atoms with Gasteiger partial charge in [0.15, 0.2) is 0 Å². The quantitative estimate of drug-likeness (QED) is 0.484. The second kappa shape index (κ2) is 12.4. The van der Waals surface area contributed by atoms with Gasteiger partial charge in [-0.15, -0.1) is 0 Å². The molecule has 0 spiro atoms. The Hall–Kier alpha value is -4.08. The van der Waals surface area contributed by atoms with Crippen molar-refractivity contribution in [2.75, 3.05) is 19.8 Å². The predicted octanol–water partition coefficient (Wildman–Crippen LogP) is 1.75. The number of carboxylic acids is 1. The summed E-state index contributed by atoms with van der Waals surface area (Å²) in [7, 11) is 0. The average Bonchev–Trinajstić information content (AvgIpc) is 2.84. The minimum Gasteiger partial charge on any atom is -0.493 e. The number of fused-ring (bicyclic) bond motifs is 2. The smallest absolute Gasteiger partial charge is 0.326 e. The van der Waals surface area contributed by atoms with Crippen LogP contribution in [0.5, 0.6) is 11.5 Å². The van der Waals surface area contributed by atoms with Crippen LogP contribution in [-0.4, -0.2) is 60.6 Å². The van der Waals surface area contributed by atoms with Crippen LogP contribution < -0.4 is 25.4 Å². The molecule has 186 valence electrons. The molecule has 2 atom stereocenters. The molecule has 10 nitrogen and oxygen atoms in total. The van der Waals surface area contributed by atoms with Crippen LogP contribution in [0.4, 0.5) is 0 Å². The van der Waals surface area contributed by atoms with Crippen LogP contribution in [-0.2, 0) is 9.59 Å². The van der Waals surface area contributed by atoms with Gasteiger partial charge in [0.2, 0.25) is 5.91 Å². The molecule has 2 aromatic carbocycles. The summed E-state index contributed by atoms with van der Waals surface area (Å²) in [6.07, 6.45) is 0.275. The van der Waals surface area contributed by atoms with E-state index in [9.17, 15) is 24.3 Å². The summed E-state index contributed by atoms with van der Waals surface area (Å²) >= 11 is 0.